The van der Waals surface area contributed by atoms with Gasteiger partial charge in [0, 0.05) is 0 Å². The Hall–Kier alpha value is -1.35. The molecule has 3 nitrogen and oxygen atoms in total. The average molecular weight is 213 g/mol. The summed E-state index contributed by atoms with van der Waals surface area (Å²) < 4.78 is 64.2. The fraction of sp³-hybridized carbons (Fsp3) is 0.600. The summed E-state index contributed by atoms with van der Waals surface area (Å²) in [6, 6.07) is 0. The van der Waals surface area contributed by atoms with Crippen LogP contribution in [-0.2, 0) is 4.65 Å². The van der Waals surface area contributed by atoms with Gasteiger partial charge in [-0.2, -0.15) is 13.2 Å². The number of alkyl halides is 5. The molecule has 0 heterocycles. The highest BCUT2D eigenvalue weighted by atomic mass is 19.4. The van der Waals surface area contributed by atoms with Crippen LogP contribution in [-0.4, -0.2) is 25.5 Å². The lowest BCUT2D eigenvalue weighted by Gasteiger charge is -2.35. The van der Waals surface area contributed by atoms with E-state index in [0.29, 0.717) is 19.0 Å². The van der Waals surface area contributed by atoms with Crippen molar-refractivity contribution in [3.05, 3.63) is 0 Å². The summed E-state index contributed by atoms with van der Waals surface area (Å²) >= 11 is 0. The molecule has 0 unspecified atom stereocenters. The van der Waals surface area contributed by atoms with Gasteiger partial charge in [0.1, 0.15) is 0 Å². The highest BCUT2D eigenvalue weighted by molar-refractivity contribution is 6.90. The summed E-state index contributed by atoms with van der Waals surface area (Å²) in [6.45, 7) is 0. The Balaban J connectivity index is 5.49. The van der Waals surface area contributed by atoms with Gasteiger partial charge in [0.2, 0.25) is 0 Å². The predicted molar refractivity (Wildman–Crippen MR) is 35.0 cm³/mol. The molecule has 0 spiro atoms. The van der Waals surface area contributed by atoms with Crippen molar-refractivity contribution in [1.82, 2.24) is 0 Å². The van der Waals surface area contributed by atoms with E-state index in [1.54, 1.807) is 0 Å². The first-order valence-corrected chi connectivity index (χ1v) is 3.15. The minimum absolute atomic E-state index is 0.450. The molecule has 0 N–H and O–H groups in total. The Morgan fingerprint density at radius 1 is 1.07 bits per heavy atom. The van der Waals surface area contributed by atoms with E-state index in [1.807, 2.05) is 0 Å². The van der Waals surface area contributed by atoms with Crippen molar-refractivity contribution in [3.8, 4) is 11.9 Å². The van der Waals surface area contributed by atoms with Gasteiger partial charge in [0.25, 0.3) is 5.82 Å². The van der Waals surface area contributed by atoms with Crippen LogP contribution in [0.3, 0.4) is 0 Å². The second-order valence-corrected chi connectivity index (χ2v) is 2.40. The van der Waals surface area contributed by atoms with Crippen LogP contribution >= 0.6 is 0 Å². The van der Waals surface area contributed by atoms with Gasteiger partial charge in [0.05, 0.1) is 0 Å². The van der Waals surface area contributed by atoms with Crippen molar-refractivity contribution in [2.24, 2.45) is 0 Å². The van der Waals surface area contributed by atoms with E-state index in [9.17, 15) is 22.0 Å². The first kappa shape index (κ1) is 12.7. The Bertz CT molecular complexity index is 287. The summed E-state index contributed by atoms with van der Waals surface area (Å²) in [5, 5.41) is 16.3. The summed E-state index contributed by atoms with van der Waals surface area (Å²) in [6.07, 6.45) is -10.5. The zero-order chi connectivity index (χ0) is 11.6. The molecule has 0 aliphatic heterocycles. The van der Waals surface area contributed by atoms with Crippen molar-refractivity contribution in [2.45, 2.75) is 12.0 Å². The van der Waals surface area contributed by atoms with E-state index in [2.05, 4.69) is 4.65 Å². The molecule has 0 fully saturated rings. The molecule has 0 aliphatic carbocycles. The summed E-state index contributed by atoms with van der Waals surface area (Å²) in [4.78, 5) is 0. The molecule has 0 rings (SSSR count). The molecule has 0 amide bonds. The highest BCUT2D eigenvalue weighted by Crippen LogP contribution is 2.41. The molecule has 0 aromatic carbocycles. The molecule has 0 saturated carbocycles. The zero-order valence-corrected chi connectivity index (χ0v) is 6.77. The summed E-state index contributed by atoms with van der Waals surface area (Å²) in [5.41, 5.74) is 0. The fourth-order valence-electron chi connectivity index (χ4n) is 0.675. The van der Waals surface area contributed by atoms with Crippen LogP contribution in [0.1, 0.15) is 0 Å². The number of nitriles is 2. The minimum Gasteiger partial charge on any atom is -0.567 e. The molecule has 0 saturated heterocycles. The van der Waals surface area contributed by atoms with E-state index in [-0.39, 0.29) is 0 Å². The maximum atomic E-state index is 12.6. The van der Waals surface area contributed by atoms with Crippen LogP contribution in [0.2, 0.25) is 0 Å². The fourth-order valence-corrected chi connectivity index (χ4v) is 0.675. The molecule has 9 heteroatoms. The number of halogens is 5. The van der Waals surface area contributed by atoms with Gasteiger partial charge >= 0.3 is 12.5 Å². The van der Waals surface area contributed by atoms with Crippen LogP contribution in [0.15, 0.2) is 0 Å². The van der Waals surface area contributed by atoms with Crippen molar-refractivity contribution >= 4 is 6.35 Å². The molecule has 78 valence electrons. The quantitative estimate of drug-likeness (QED) is 0.514. The largest absolute Gasteiger partial charge is 0.567 e. The molecular weight excluding hydrogens is 210 g/mol. The van der Waals surface area contributed by atoms with Gasteiger partial charge in [-0.15, -0.1) is 0 Å². The lowest BCUT2D eigenvalue weighted by Crippen LogP contribution is -2.61. The van der Waals surface area contributed by atoms with Gasteiger partial charge < -0.3 is 4.65 Å². The normalized spacial score (nSPS) is 13.1. The molecule has 14 heavy (non-hydrogen) atoms. The van der Waals surface area contributed by atoms with Crippen molar-refractivity contribution in [1.29, 1.82) is 10.5 Å². The third-order valence-corrected chi connectivity index (χ3v) is 1.61. The number of nitrogens with zero attached hydrogens (tertiary/aromatic N) is 2. The average Bonchev–Trinajstić information content (AvgIpc) is 2.06. The summed E-state index contributed by atoms with van der Waals surface area (Å²) in [5.74, 6) is -4.34. The maximum absolute atomic E-state index is 12.6. The van der Waals surface area contributed by atoms with Crippen LogP contribution in [0, 0.1) is 22.5 Å². The van der Waals surface area contributed by atoms with Crippen LogP contribution in [0.4, 0.5) is 22.0 Å². The van der Waals surface area contributed by atoms with Crippen LogP contribution in [0.5, 0.6) is 0 Å². The second kappa shape index (κ2) is 3.43. The van der Waals surface area contributed by atoms with Crippen molar-refractivity contribution in [2.75, 3.05) is 7.11 Å². The SMILES string of the molecule is CO[B-](C#N)(C#N)C(F)(F)C(F)(F)F. The lowest BCUT2D eigenvalue weighted by atomic mass is 9.37. The molecular formula is C5H3BF5N2O-. The second-order valence-electron chi connectivity index (χ2n) is 2.40. The first-order valence-electron chi connectivity index (χ1n) is 3.15. The molecule has 0 aromatic heterocycles. The summed E-state index contributed by atoms with van der Waals surface area (Å²) in [7, 11) is 0.450. The van der Waals surface area contributed by atoms with E-state index in [1.165, 1.54) is 0 Å². The standard InChI is InChI=1S/C5H3BF5N2O/c1-14-6(2-12,3-13)4(7,8)5(9,10)11/h1H3/q-1. The Kier molecular flexibility index (Phi) is 3.10. The zero-order valence-electron chi connectivity index (χ0n) is 6.77. The van der Waals surface area contributed by atoms with Crippen molar-refractivity contribution < 1.29 is 26.6 Å². The highest BCUT2D eigenvalue weighted by Gasteiger charge is 2.67. The number of rotatable bonds is 2. The molecule has 0 aliphatic rings. The van der Waals surface area contributed by atoms with Gasteiger partial charge in [-0.1, -0.05) is 11.9 Å². The smallest absolute Gasteiger partial charge is 0.422 e. The van der Waals surface area contributed by atoms with Gasteiger partial charge in [-0.25, -0.2) is 19.3 Å². The first-order chi connectivity index (χ1) is 6.18. The molecule has 0 atom stereocenters. The third-order valence-electron chi connectivity index (χ3n) is 1.61. The monoisotopic (exact) mass is 213 g/mol. The molecule has 0 radical (unpaired) electrons. The van der Waals surface area contributed by atoms with Crippen LogP contribution in [0.25, 0.3) is 0 Å². The maximum Gasteiger partial charge on any atom is 0.422 e. The van der Waals surface area contributed by atoms with E-state index in [4.69, 9.17) is 10.5 Å². The Morgan fingerprint density at radius 3 is 1.50 bits per heavy atom. The van der Waals surface area contributed by atoms with Gasteiger partial charge in [-0.3, -0.25) is 0 Å². The van der Waals surface area contributed by atoms with E-state index >= 15 is 0 Å². The Labute approximate surface area is 75.6 Å². The van der Waals surface area contributed by atoms with Gasteiger partial charge in [0.15, 0.2) is 0 Å². The van der Waals surface area contributed by atoms with Crippen molar-refractivity contribution in [3.63, 3.8) is 0 Å². The minimum atomic E-state index is -5.99. The van der Waals surface area contributed by atoms with Gasteiger partial charge in [-0.05, 0) is 7.11 Å². The lowest BCUT2D eigenvalue weighted by molar-refractivity contribution is -0.250. The Morgan fingerprint density at radius 2 is 1.43 bits per heavy atom. The topological polar surface area (TPSA) is 56.8 Å². The number of hydrogen-bond donors (Lipinski definition) is 0. The van der Waals surface area contributed by atoms with Crippen LogP contribution < -0.4 is 0 Å². The molecule has 0 aromatic rings. The molecule has 0 bridgehead atoms. The number of hydrogen-bond acceptors (Lipinski definition) is 3. The van der Waals surface area contributed by atoms with E-state index < -0.39 is 18.3 Å². The van der Waals surface area contributed by atoms with E-state index in [0.717, 1.165) is 0 Å². The predicted octanol–water partition coefficient (Wildman–Crippen LogP) is 1.44. The third kappa shape index (κ3) is 1.51.